The average Bonchev–Trinajstić information content (AvgIpc) is 3.46. The molecule has 13 heteroatoms. The van der Waals surface area contributed by atoms with Crippen molar-refractivity contribution in [3.05, 3.63) is 95.3 Å². The standard InChI is InChI=1S/C32H30F2N6O3S2/c1-2-5-28-39-29(22-7-3-6-21(18-22)20-45(41,42)31-24(33)8-4-9-25(31)34)30(44-28)26-12-13-35-32(38-26)37-23-10-11-27(36-19-23)40-14-16-43-17-15-40/h3-4,6-13,18-19H,2,5,14-17,20H2,1H3,(H,35,37,38). The molecule has 9 nitrogen and oxygen atoms in total. The van der Waals surface area contributed by atoms with E-state index in [9.17, 15) is 17.2 Å². The van der Waals surface area contributed by atoms with E-state index in [2.05, 4.69) is 27.1 Å². The molecule has 1 aliphatic heterocycles. The molecule has 0 spiro atoms. The van der Waals surface area contributed by atoms with E-state index in [1.54, 1.807) is 36.7 Å². The quantitative estimate of drug-likeness (QED) is 0.183. The maximum atomic E-state index is 14.3. The van der Waals surface area contributed by atoms with Crippen molar-refractivity contribution in [1.29, 1.82) is 0 Å². The van der Waals surface area contributed by atoms with Gasteiger partial charge < -0.3 is 15.0 Å². The Balaban J connectivity index is 1.28. The lowest BCUT2D eigenvalue weighted by Gasteiger charge is -2.27. The Morgan fingerprint density at radius 2 is 1.76 bits per heavy atom. The Morgan fingerprint density at radius 1 is 0.978 bits per heavy atom. The first-order chi connectivity index (χ1) is 21.8. The van der Waals surface area contributed by atoms with Crippen LogP contribution >= 0.6 is 11.3 Å². The molecule has 0 radical (unpaired) electrons. The molecule has 1 N–H and O–H groups in total. The van der Waals surface area contributed by atoms with E-state index >= 15 is 0 Å². The van der Waals surface area contributed by atoms with E-state index in [4.69, 9.17) is 14.7 Å². The molecule has 2 aromatic carbocycles. The summed E-state index contributed by atoms with van der Waals surface area (Å²) in [5.41, 5.74) is 3.07. The highest BCUT2D eigenvalue weighted by molar-refractivity contribution is 7.90. The third-order valence-electron chi connectivity index (χ3n) is 7.15. The van der Waals surface area contributed by atoms with Gasteiger partial charge in [-0.2, -0.15) is 0 Å². The summed E-state index contributed by atoms with van der Waals surface area (Å²) in [6, 6.07) is 15.5. The summed E-state index contributed by atoms with van der Waals surface area (Å²) >= 11 is 1.51. The summed E-state index contributed by atoms with van der Waals surface area (Å²) < 4.78 is 60.1. The topological polar surface area (TPSA) is 110 Å². The van der Waals surface area contributed by atoms with Gasteiger partial charge in [-0.05, 0) is 54.8 Å². The number of hydrogen-bond acceptors (Lipinski definition) is 10. The van der Waals surface area contributed by atoms with Gasteiger partial charge in [0, 0.05) is 24.8 Å². The molecule has 232 valence electrons. The van der Waals surface area contributed by atoms with E-state index in [0.29, 0.717) is 41.7 Å². The van der Waals surface area contributed by atoms with E-state index in [1.807, 2.05) is 18.2 Å². The van der Waals surface area contributed by atoms with Crippen LogP contribution in [0.5, 0.6) is 0 Å². The fourth-order valence-electron chi connectivity index (χ4n) is 5.05. The number of anilines is 3. The third-order valence-corrected chi connectivity index (χ3v) is 10.0. The maximum absolute atomic E-state index is 14.3. The SMILES string of the molecule is CCCc1nc(-c2cccc(CS(=O)(=O)c3c(F)cccc3F)c2)c(-c2ccnc(Nc3ccc(N4CCOCC4)nc3)n2)s1. The Hall–Kier alpha value is -4.33. The zero-order chi connectivity index (χ0) is 31.4. The molecule has 1 aliphatic rings. The fraction of sp³-hybridized carbons (Fsp3) is 0.250. The number of hydrogen-bond donors (Lipinski definition) is 1. The molecule has 6 rings (SSSR count). The molecule has 45 heavy (non-hydrogen) atoms. The van der Waals surface area contributed by atoms with Gasteiger partial charge in [0.1, 0.15) is 22.3 Å². The summed E-state index contributed by atoms with van der Waals surface area (Å²) in [7, 11) is -4.29. The number of aromatic nitrogens is 4. The molecule has 1 saturated heterocycles. The lowest BCUT2D eigenvalue weighted by molar-refractivity contribution is 0.122. The van der Waals surface area contributed by atoms with E-state index in [0.717, 1.165) is 65.5 Å². The first kappa shape index (κ1) is 30.7. The van der Waals surface area contributed by atoms with Crippen molar-refractivity contribution in [1.82, 2.24) is 19.9 Å². The molecular formula is C32H30F2N6O3S2. The van der Waals surface area contributed by atoms with Gasteiger partial charge in [-0.25, -0.2) is 37.1 Å². The number of nitrogens with zero attached hydrogens (tertiary/aromatic N) is 5. The van der Waals surface area contributed by atoms with Crippen LogP contribution in [0.2, 0.25) is 0 Å². The Bertz CT molecular complexity index is 1890. The highest BCUT2D eigenvalue weighted by Crippen LogP contribution is 2.37. The second kappa shape index (κ2) is 13.3. The second-order valence-corrected chi connectivity index (χ2v) is 13.5. The number of thiazole rings is 1. The van der Waals surface area contributed by atoms with Crippen LogP contribution in [-0.4, -0.2) is 54.7 Å². The van der Waals surface area contributed by atoms with Crippen molar-refractivity contribution in [3.8, 4) is 21.8 Å². The van der Waals surface area contributed by atoms with E-state index < -0.39 is 32.1 Å². The van der Waals surface area contributed by atoms with Gasteiger partial charge in [-0.15, -0.1) is 11.3 Å². The Labute approximate surface area is 263 Å². The number of halogens is 2. The summed E-state index contributed by atoms with van der Waals surface area (Å²) in [6.07, 6.45) is 5.05. The molecular weight excluding hydrogens is 619 g/mol. The van der Waals surface area contributed by atoms with Crippen LogP contribution in [0, 0.1) is 11.6 Å². The van der Waals surface area contributed by atoms with Gasteiger partial charge >= 0.3 is 0 Å². The monoisotopic (exact) mass is 648 g/mol. The molecule has 0 atom stereocenters. The van der Waals surface area contributed by atoms with Crippen molar-refractivity contribution >= 4 is 38.6 Å². The van der Waals surface area contributed by atoms with Gasteiger partial charge in [0.2, 0.25) is 5.95 Å². The Morgan fingerprint density at radius 3 is 2.49 bits per heavy atom. The number of pyridine rings is 1. The molecule has 4 heterocycles. The van der Waals surface area contributed by atoms with Crippen molar-refractivity contribution < 1.29 is 21.9 Å². The fourth-order valence-corrected chi connectivity index (χ4v) is 7.70. The minimum atomic E-state index is -4.29. The number of sulfone groups is 1. The highest BCUT2D eigenvalue weighted by atomic mass is 32.2. The lowest BCUT2D eigenvalue weighted by atomic mass is 10.1. The molecule has 1 fully saturated rings. The van der Waals surface area contributed by atoms with Crippen LogP contribution < -0.4 is 10.2 Å². The van der Waals surface area contributed by atoms with Crippen molar-refractivity contribution in [2.45, 2.75) is 30.4 Å². The molecule has 5 aromatic rings. The molecule has 0 saturated carbocycles. The van der Waals surface area contributed by atoms with E-state index in [-0.39, 0.29) is 0 Å². The zero-order valence-electron chi connectivity index (χ0n) is 24.4. The van der Waals surface area contributed by atoms with Crippen LogP contribution in [0.1, 0.15) is 23.9 Å². The summed E-state index contributed by atoms with van der Waals surface area (Å²) in [5, 5.41) is 4.13. The van der Waals surface area contributed by atoms with Gasteiger partial charge in [0.25, 0.3) is 0 Å². The lowest BCUT2D eigenvalue weighted by Crippen LogP contribution is -2.36. The highest BCUT2D eigenvalue weighted by Gasteiger charge is 2.25. The normalized spacial score (nSPS) is 13.6. The van der Waals surface area contributed by atoms with Gasteiger partial charge in [-0.1, -0.05) is 31.2 Å². The summed E-state index contributed by atoms with van der Waals surface area (Å²) in [5.74, 6) is -1.54. The van der Waals surface area contributed by atoms with Crippen molar-refractivity contribution in [3.63, 3.8) is 0 Å². The van der Waals surface area contributed by atoms with Crippen LogP contribution in [0.15, 0.2) is 78.0 Å². The van der Waals surface area contributed by atoms with Gasteiger partial charge in [0.15, 0.2) is 9.84 Å². The van der Waals surface area contributed by atoms with E-state index in [1.165, 1.54) is 11.3 Å². The minimum absolute atomic E-state index is 0.379. The van der Waals surface area contributed by atoms with Crippen LogP contribution in [0.3, 0.4) is 0 Å². The predicted molar refractivity (Wildman–Crippen MR) is 170 cm³/mol. The number of nitrogens with one attached hydrogen (secondary N) is 1. The van der Waals surface area contributed by atoms with Crippen molar-refractivity contribution in [2.75, 3.05) is 36.5 Å². The van der Waals surface area contributed by atoms with Crippen LogP contribution in [-0.2, 0) is 26.7 Å². The molecule has 0 bridgehead atoms. The predicted octanol–water partition coefficient (Wildman–Crippen LogP) is 6.45. The average molecular weight is 649 g/mol. The number of morpholine rings is 1. The molecule has 0 amide bonds. The summed E-state index contributed by atoms with van der Waals surface area (Å²) in [6.45, 7) is 5.02. The Kier molecular flexibility index (Phi) is 9.10. The molecule has 0 unspecified atom stereocenters. The maximum Gasteiger partial charge on any atom is 0.227 e. The number of benzene rings is 2. The second-order valence-electron chi connectivity index (χ2n) is 10.4. The largest absolute Gasteiger partial charge is 0.378 e. The van der Waals surface area contributed by atoms with Crippen molar-refractivity contribution in [2.24, 2.45) is 0 Å². The van der Waals surface area contributed by atoms with Gasteiger partial charge in [-0.3, -0.25) is 0 Å². The first-order valence-electron chi connectivity index (χ1n) is 14.5. The molecule has 0 aliphatic carbocycles. The zero-order valence-corrected chi connectivity index (χ0v) is 26.0. The minimum Gasteiger partial charge on any atom is -0.378 e. The van der Waals surface area contributed by atoms with Gasteiger partial charge in [0.05, 0.1) is 52.1 Å². The van der Waals surface area contributed by atoms with Crippen LogP contribution in [0.4, 0.5) is 26.2 Å². The number of ether oxygens (including phenoxy) is 1. The number of aryl methyl sites for hydroxylation is 1. The summed E-state index contributed by atoms with van der Waals surface area (Å²) in [4.78, 5) is 20.7. The van der Waals surface area contributed by atoms with Crippen LogP contribution in [0.25, 0.3) is 21.8 Å². The molecule has 3 aromatic heterocycles. The third kappa shape index (κ3) is 7.00. The smallest absolute Gasteiger partial charge is 0.227 e. The first-order valence-corrected chi connectivity index (χ1v) is 16.9. The number of rotatable bonds is 10.